The Balaban J connectivity index is 1.84. The quantitative estimate of drug-likeness (QED) is 0.827. The molecule has 1 fully saturated rings. The zero-order valence-electron chi connectivity index (χ0n) is 10.4. The number of nitrogens with two attached hydrogens (primary N) is 1. The van der Waals surface area contributed by atoms with Gasteiger partial charge in [-0.1, -0.05) is 0 Å². The molecule has 1 aromatic heterocycles. The molecule has 0 saturated carbocycles. The van der Waals surface area contributed by atoms with Crippen molar-refractivity contribution >= 4 is 0 Å². The van der Waals surface area contributed by atoms with E-state index in [1.54, 1.807) is 12.4 Å². The van der Waals surface area contributed by atoms with Crippen LogP contribution in [0.5, 0.6) is 5.75 Å². The Morgan fingerprint density at radius 2 is 2.53 bits per heavy atom. The fourth-order valence-corrected chi connectivity index (χ4v) is 2.39. The first-order valence-electron chi connectivity index (χ1n) is 6.21. The number of likely N-dealkylation sites (tertiary alicyclic amines) is 1. The predicted molar refractivity (Wildman–Crippen MR) is 67.9 cm³/mol. The van der Waals surface area contributed by atoms with E-state index in [2.05, 4.69) is 16.9 Å². The summed E-state index contributed by atoms with van der Waals surface area (Å²) in [7, 11) is 2.16. The largest absolute Gasteiger partial charge is 0.492 e. The van der Waals surface area contributed by atoms with Gasteiger partial charge >= 0.3 is 0 Å². The van der Waals surface area contributed by atoms with Crippen LogP contribution in [0.4, 0.5) is 0 Å². The van der Waals surface area contributed by atoms with Crippen LogP contribution in [-0.4, -0.2) is 43.2 Å². The Bertz CT molecular complexity index is 331. The third-order valence-corrected chi connectivity index (χ3v) is 3.50. The molecule has 2 heterocycles. The van der Waals surface area contributed by atoms with Crippen LogP contribution in [-0.2, 0) is 0 Å². The molecule has 0 aliphatic carbocycles. The molecule has 0 bridgehead atoms. The SMILES string of the molecule is CN1CCC(C(CN)COc2cccnc2)C1. The van der Waals surface area contributed by atoms with Gasteiger partial charge < -0.3 is 15.4 Å². The summed E-state index contributed by atoms with van der Waals surface area (Å²) in [5.74, 6) is 1.94. The summed E-state index contributed by atoms with van der Waals surface area (Å²) >= 11 is 0. The van der Waals surface area contributed by atoms with Crippen molar-refractivity contribution in [2.24, 2.45) is 17.6 Å². The van der Waals surface area contributed by atoms with Gasteiger partial charge in [0.15, 0.2) is 0 Å². The highest BCUT2D eigenvalue weighted by molar-refractivity contribution is 5.15. The van der Waals surface area contributed by atoms with Crippen LogP contribution in [0, 0.1) is 11.8 Å². The fraction of sp³-hybridized carbons (Fsp3) is 0.615. The van der Waals surface area contributed by atoms with Crippen LogP contribution in [0.1, 0.15) is 6.42 Å². The van der Waals surface area contributed by atoms with Gasteiger partial charge in [0.1, 0.15) is 5.75 Å². The second-order valence-electron chi connectivity index (χ2n) is 4.81. The van der Waals surface area contributed by atoms with E-state index < -0.39 is 0 Å². The Labute approximate surface area is 103 Å². The smallest absolute Gasteiger partial charge is 0.137 e. The highest BCUT2D eigenvalue weighted by atomic mass is 16.5. The van der Waals surface area contributed by atoms with Gasteiger partial charge in [-0.2, -0.15) is 0 Å². The maximum absolute atomic E-state index is 5.85. The van der Waals surface area contributed by atoms with Crippen molar-refractivity contribution in [3.63, 3.8) is 0 Å². The molecular weight excluding hydrogens is 214 g/mol. The van der Waals surface area contributed by atoms with Gasteiger partial charge in [-0.05, 0) is 44.6 Å². The summed E-state index contributed by atoms with van der Waals surface area (Å²) in [6, 6.07) is 3.82. The van der Waals surface area contributed by atoms with Crippen molar-refractivity contribution < 1.29 is 4.74 Å². The van der Waals surface area contributed by atoms with Crippen LogP contribution < -0.4 is 10.5 Å². The Kier molecular flexibility index (Phi) is 4.34. The normalized spacial score (nSPS) is 22.6. The second-order valence-corrected chi connectivity index (χ2v) is 4.81. The van der Waals surface area contributed by atoms with Crippen LogP contribution >= 0.6 is 0 Å². The minimum atomic E-state index is 0.445. The lowest BCUT2D eigenvalue weighted by Gasteiger charge is -2.22. The lowest BCUT2D eigenvalue weighted by molar-refractivity contribution is 0.199. The van der Waals surface area contributed by atoms with E-state index in [0.29, 0.717) is 25.0 Å². The molecular formula is C13H21N3O. The molecule has 4 nitrogen and oxygen atoms in total. The number of nitrogens with zero attached hydrogens (tertiary/aromatic N) is 2. The van der Waals surface area contributed by atoms with E-state index >= 15 is 0 Å². The molecule has 17 heavy (non-hydrogen) atoms. The molecule has 1 aliphatic rings. The van der Waals surface area contributed by atoms with E-state index in [0.717, 1.165) is 12.3 Å². The molecule has 1 aromatic rings. The van der Waals surface area contributed by atoms with Crippen molar-refractivity contribution in [2.45, 2.75) is 6.42 Å². The van der Waals surface area contributed by atoms with Gasteiger partial charge in [-0.15, -0.1) is 0 Å². The molecule has 2 rings (SSSR count). The molecule has 2 N–H and O–H groups in total. The number of pyridine rings is 1. The minimum Gasteiger partial charge on any atom is -0.492 e. The van der Waals surface area contributed by atoms with Crippen molar-refractivity contribution in [3.05, 3.63) is 24.5 Å². The lowest BCUT2D eigenvalue weighted by atomic mass is 9.92. The molecule has 4 heteroatoms. The third kappa shape index (κ3) is 3.41. The fourth-order valence-electron chi connectivity index (χ4n) is 2.39. The lowest BCUT2D eigenvalue weighted by Crippen LogP contribution is -2.30. The van der Waals surface area contributed by atoms with E-state index in [-0.39, 0.29) is 0 Å². The average molecular weight is 235 g/mol. The summed E-state index contributed by atoms with van der Waals surface area (Å²) < 4.78 is 5.75. The van der Waals surface area contributed by atoms with Crippen molar-refractivity contribution in [2.75, 3.05) is 33.3 Å². The first-order valence-corrected chi connectivity index (χ1v) is 6.21. The van der Waals surface area contributed by atoms with Crippen LogP contribution in [0.15, 0.2) is 24.5 Å². The zero-order chi connectivity index (χ0) is 12.1. The van der Waals surface area contributed by atoms with Gasteiger partial charge in [0.05, 0.1) is 12.8 Å². The summed E-state index contributed by atoms with van der Waals surface area (Å²) in [6.07, 6.45) is 4.72. The molecule has 0 radical (unpaired) electrons. The van der Waals surface area contributed by atoms with Gasteiger partial charge in [-0.3, -0.25) is 4.98 Å². The molecule has 0 spiro atoms. The molecule has 0 aromatic carbocycles. The molecule has 1 aliphatic heterocycles. The Morgan fingerprint density at radius 1 is 1.65 bits per heavy atom. The van der Waals surface area contributed by atoms with Crippen molar-refractivity contribution in [3.8, 4) is 5.75 Å². The zero-order valence-corrected chi connectivity index (χ0v) is 10.4. The van der Waals surface area contributed by atoms with Crippen LogP contribution in [0.3, 0.4) is 0 Å². The minimum absolute atomic E-state index is 0.445. The van der Waals surface area contributed by atoms with Gasteiger partial charge in [0.2, 0.25) is 0 Å². The number of ether oxygens (including phenoxy) is 1. The van der Waals surface area contributed by atoms with Crippen LogP contribution in [0.25, 0.3) is 0 Å². The van der Waals surface area contributed by atoms with Gasteiger partial charge in [0, 0.05) is 18.7 Å². The standard InChI is InChI=1S/C13H21N3O/c1-16-6-4-11(9-16)12(7-14)10-17-13-3-2-5-15-8-13/h2-3,5,8,11-12H,4,6-7,9-10,14H2,1H3. The number of hydrogen-bond donors (Lipinski definition) is 1. The van der Waals surface area contributed by atoms with E-state index in [4.69, 9.17) is 10.5 Å². The molecule has 0 amide bonds. The molecule has 2 unspecified atom stereocenters. The Hall–Kier alpha value is -1.13. The highest BCUT2D eigenvalue weighted by Crippen LogP contribution is 2.23. The number of hydrogen-bond acceptors (Lipinski definition) is 4. The molecule has 1 saturated heterocycles. The predicted octanol–water partition coefficient (Wildman–Crippen LogP) is 0.987. The van der Waals surface area contributed by atoms with Gasteiger partial charge in [-0.25, -0.2) is 0 Å². The second kappa shape index (κ2) is 5.98. The number of rotatable bonds is 5. The molecule has 2 atom stereocenters. The summed E-state index contributed by atoms with van der Waals surface area (Å²) in [6.45, 7) is 3.70. The average Bonchev–Trinajstić information content (AvgIpc) is 2.78. The monoisotopic (exact) mass is 235 g/mol. The first-order chi connectivity index (χ1) is 8.29. The maximum Gasteiger partial charge on any atom is 0.137 e. The molecule has 94 valence electrons. The number of aromatic nitrogens is 1. The van der Waals surface area contributed by atoms with Crippen LogP contribution in [0.2, 0.25) is 0 Å². The third-order valence-electron chi connectivity index (χ3n) is 3.50. The highest BCUT2D eigenvalue weighted by Gasteiger charge is 2.27. The van der Waals surface area contributed by atoms with E-state index in [1.807, 2.05) is 12.1 Å². The summed E-state index contributed by atoms with van der Waals surface area (Å²) in [4.78, 5) is 6.39. The topological polar surface area (TPSA) is 51.4 Å². The van der Waals surface area contributed by atoms with Gasteiger partial charge in [0.25, 0.3) is 0 Å². The van der Waals surface area contributed by atoms with E-state index in [9.17, 15) is 0 Å². The first kappa shape index (κ1) is 12.3. The van der Waals surface area contributed by atoms with Crippen molar-refractivity contribution in [1.82, 2.24) is 9.88 Å². The van der Waals surface area contributed by atoms with E-state index in [1.165, 1.54) is 13.0 Å². The Morgan fingerprint density at radius 3 is 3.12 bits per heavy atom. The summed E-state index contributed by atoms with van der Waals surface area (Å²) in [5, 5.41) is 0. The summed E-state index contributed by atoms with van der Waals surface area (Å²) in [5.41, 5.74) is 5.85. The maximum atomic E-state index is 5.85. The van der Waals surface area contributed by atoms with Crippen molar-refractivity contribution in [1.29, 1.82) is 0 Å².